The molecule has 0 unspecified atom stereocenters. The molecule has 1 saturated carbocycles. The largest absolute Gasteiger partial charge is 0.369 e. The molecule has 1 aliphatic carbocycles. The fourth-order valence-corrected chi connectivity index (χ4v) is 5.83. The summed E-state index contributed by atoms with van der Waals surface area (Å²) < 4.78 is 27.6. The first-order chi connectivity index (χ1) is 12.7. The number of anilines is 1. The summed E-state index contributed by atoms with van der Waals surface area (Å²) in [5.41, 5.74) is 6.61. The van der Waals surface area contributed by atoms with Gasteiger partial charge in [-0.05, 0) is 48.9 Å². The van der Waals surface area contributed by atoms with E-state index in [1.165, 1.54) is 4.31 Å². The number of fused-ring (bicyclic) bond motifs is 1. The molecule has 7 nitrogen and oxygen atoms in total. The van der Waals surface area contributed by atoms with Gasteiger partial charge in [0, 0.05) is 25.8 Å². The standard InChI is InChI=1S/C19H25N3O4S/c1-21-16-5-4-15(10-14(16)11-17(21)23)27(25,26)22-8-6-19(7-9-22,18(20)24)12-13-2-3-13/h4-5,10,13H,2-3,6-9,11-12H2,1H3,(H2,20,24). The van der Waals surface area contributed by atoms with Crippen LogP contribution in [-0.2, 0) is 26.0 Å². The Balaban J connectivity index is 1.53. The molecular formula is C19H25N3O4S. The van der Waals surface area contributed by atoms with Crippen molar-refractivity contribution in [3.8, 4) is 0 Å². The zero-order valence-corrected chi connectivity index (χ0v) is 16.3. The van der Waals surface area contributed by atoms with E-state index in [4.69, 9.17) is 5.73 Å². The number of primary amides is 1. The van der Waals surface area contributed by atoms with Crippen molar-refractivity contribution in [1.29, 1.82) is 0 Å². The summed E-state index contributed by atoms with van der Waals surface area (Å²) in [5.74, 6) is 0.223. The molecule has 1 aromatic carbocycles. The molecule has 0 bridgehead atoms. The smallest absolute Gasteiger partial charge is 0.243 e. The maximum atomic E-state index is 13.1. The Hall–Kier alpha value is -1.93. The van der Waals surface area contributed by atoms with E-state index in [1.807, 2.05) is 0 Å². The summed E-state index contributed by atoms with van der Waals surface area (Å²) in [4.78, 5) is 25.7. The van der Waals surface area contributed by atoms with Crippen molar-refractivity contribution in [1.82, 2.24) is 4.31 Å². The van der Waals surface area contributed by atoms with E-state index in [9.17, 15) is 18.0 Å². The highest BCUT2D eigenvalue weighted by Crippen LogP contribution is 2.46. The van der Waals surface area contributed by atoms with Gasteiger partial charge in [0.25, 0.3) is 0 Å². The fraction of sp³-hybridized carbons (Fsp3) is 0.579. The van der Waals surface area contributed by atoms with Crippen molar-refractivity contribution in [2.75, 3.05) is 25.0 Å². The Morgan fingerprint density at radius 3 is 2.52 bits per heavy atom. The van der Waals surface area contributed by atoms with Crippen LogP contribution in [0.25, 0.3) is 0 Å². The Morgan fingerprint density at radius 1 is 1.26 bits per heavy atom. The minimum Gasteiger partial charge on any atom is -0.369 e. The zero-order chi connectivity index (χ0) is 19.4. The first-order valence-electron chi connectivity index (χ1n) is 9.42. The Bertz CT molecular complexity index is 900. The number of carbonyl (C=O) groups excluding carboxylic acids is 2. The molecular weight excluding hydrogens is 366 g/mol. The number of hydrogen-bond acceptors (Lipinski definition) is 4. The van der Waals surface area contributed by atoms with Crippen molar-refractivity contribution in [2.24, 2.45) is 17.1 Å². The van der Waals surface area contributed by atoms with E-state index in [2.05, 4.69) is 0 Å². The van der Waals surface area contributed by atoms with Gasteiger partial charge in [0.2, 0.25) is 21.8 Å². The minimum absolute atomic E-state index is 0.0381. The molecule has 0 aromatic heterocycles. The van der Waals surface area contributed by atoms with Gasteiger partial charge >= 0.3 is 0 Å². The topological polar surface area (TPSA) is 101 Å². The number of likely N-dealkylation sites (N-methyl/N-ethyl adjacent to an activating group) is 1. The van der Waals surface area contributed by atoms with Gasteiger partial charge < -0.3 is 10.6 Å². The lowest BCUT2D eigenvalue weighted by atomic mass is 9.74. The zero-order valence-electron chi connectivity index (χ0n) is 15.5. The molecule has 4 rings (SSSR count). The maximum absolute atomic E-state index is 13.1. The van der Waals surface area contributed by atoms with Gasteiger partial charge in [0.1, 0.15) is 0 Å². The lowest BCUT2D eigenvalue weighted by Gasteiger charge is -2.39. The van der Waals surface area contributed by atoms with Crippen LogP contribution < -0.4 is 10.6 Å². The molecule has 146 valence electrons. The van der Waals surface area contributed by atoms with Crippen LogP contribution in [0.5, 0.6) is 0 Å². The maximum Gasteiger partial charge on any atom is 0.243 e. The highest BCUT2D eigenvalue weighted by atomic mass is 32.2. The van der Waals surface area contributed by atoms with Gasteiger partial charge in [0.15, 0.2) is 0 Å². The number of amides is 2. The number of hydrogen-bond donors (Lipinski definition) is 1. The van der Waals surface area contributed by atoms with Gasteiger partial charge in [-0.25, -0.2) is 8.42 Å². The number of benzene rings is 1. The second-order valence-electron chi connectivity index (χ2n) is 8.12. The van der Waals surface area contributed by atoms with E-state index in [1.54, 1.807) is 30.1 Å². The first-order valence-corrected chi connectivity index (χ1v) is 10.9. The Kier molecular flexibility index (Phi) is 4.31. The molecule has 1 aromatic rings. The van der Waals surface area contributed by atoms with Gasteiger partial charge in [-0.2, -0.15) is 4.31 Å². The van der Waals surface area contributed by atoms with Gasteiger partial charge in [-0.1, -0.05) is 12.8 Å². The van der Waals surface area contributed by atoms with E-state index in [0.717, 1.165) is 30.5 Å². The number of carbonyl (C=O) groups is 2. The molecule has 2 heterocycles. The van der Waals surface area contributed by atoms with Crippen molar-refractivity contribution >= 4 is 27.5 Å². The molecule has 2 aliphatic heterocycles. The van der Waals surface area contributed by atoms with Crippen molar-refractivity contribution < 1.29 is 18.0 Å². The van der Waals surface area contributed by atoms with Crippen molar-refractivity contribution in [3.63, 3.8) is 0 Å². The molecule has 8 heteroatoms. The third kappa shape index (κ3) is 3.14. The van der Waals surface area contributed by atoms with Crippen LogP contribution in [0, 0.1) is 11.3 Å². The number of nitrogens with zero attached hydrogens (tertiary/aromatic N) is 2. The number of nitrogens with two attached hydrogens (primary N) is 1. The summed E-state index contributed by atoms with van der Waals surface area (Å²) in [5, 5.41) is 0. The molecule has 2 amide bonds. The normalized spacial score (nSPS) is 22.7. The monoisotopic (exact) mass is 391 g/mol. The summed E-state index contributed by atoms with van der Waals surface area (Å²) in [7, 11) is -1.97. The number of rotatable bonds is 5. The summed E-state index contributed by atoms with van der Waals surface area (Å²) in [6, 6.07) is 4.85. The van der Waals surface area contributed by atoms with Crippen LogP contribution in [0.4, 0.5) is 5.69 Å². The molecule has 0 atom stereocenters. The van der Waals surface area contributed by atoms with E-state index >= 15 is 0 Å². The predicted molar refractivity (Wildman–Crippen MR) is 101 cm³/mol. The molecule has 2 N–H and O–H groups in total. The summed E-state index contributed by atoms with van der Waals surface area (Å²) >= 11 is 0. The Labute approximate surface area is 159 Å². The number of piperidine rings is 1. The Morgan fingerprint density at radius 2 is 1.93 bits per heavy atom. The highest BCUT2D eigenvalue weighted by Gasteiger charge is 2.45. The van der Waals surface area contributed by atoms with Crippen molar-refractivity contribution in [2.45, 2.75) is 43.4 Å². The first kappa shape index (κ1) is 18.4. The van der Waals surface area contributed by atoms with Crippen LogP contribution in [0.1, 0.15) is 37.7 Å². The van der Waals surface area contributed by atoms with Crippen LogP contribution in [0.3, 0.4) is 0 Å². The van der Waals surface area contributed by atoms with Crippen LogP contribution in [-0.4, -0.2) is 44.7 Å². The SMILES string of the molecule is CN1C(=O)Cc2cc(S(=O)(=O)N3CCC(CC4CC4)(C(N)=O)CC3)ccc21. The summed E-state index contributed by atoms with van der Waals surface area (Å²) in [6.07, 6.45) is 4.23. The average molecular weight is 391 g/mol. The quantitative estimate of drug-likeness (QED) is 0.816. The molecule has 0 spiro atoms. The molecule has 3 aliphatic rings. The highest BCUT2D eigenvalue weighted by molar-refractivity contribution is 7.89. The lowest BCUT2D eigenvalue weighted by Crippen LogP contribution is -2.49. The third-order valence-corrected chi connectivity index (χ3v) is 8.24. The summed E-state index contributed by atoms with van der Waals surface area (Å²) in [6.45, 7) is 0.599. The minimum atomic E-state index is -3.66. The van der Waals surface area contributed by atoms with Gasteiger partial charge in [0.05, 0.1) is 16.7 Å². The van der Waals surface area contributed by atoms with E-state index in [0.29, 0.717) is 31.8 Å². The third-order valence-electron chi connectivity index (χ3n) is 6.34. The fourth-order valence-electron chi connectivity index (χ4n) is 4.34. The van der Waals surface area contributed by atoms with E-state index in [-0.39, 0.29) is 23.1 Å². The molecule has 2 fully saturated rings. The van der Waals surface area contributed by atoms with Crippen LogP contribution >= 0.6 is 0 Å². The van der Waals surface area contributed by atoms with Gasteiger partial charge in [-0.3, -0.25) is 9.59 Å². The molecule has 0 radical (unpaired) electrons. The molecule has 1 saturated heterocycles. The number of sulfonamides is 1. The second kappa shape index (κ2) is 6.31. The van der Waals surface area contributed by atoms with Crippen LogP contribution in [0.15, 0.2) is 23.1 Å². The van der Waals surface area contributed by atoms with Gasteiger partial charge in [-0.15, -0.1) is 0 Å². The average Bonchev–Trinajstić information content (AvgIpc) is 3.40. The predicted octanol–water partition coefficient (Wildman–Crippen LogP) is 1.26. The van der Waals surface area contributed by atoms with E-state index < -0.39 is 15.4 Å². The molecule has 27 heavy (non-hydrogen) atoms. The second-order valence-corrected chi connectivity index (χ2v) is 10.1. The van der Waals surface area contributed by atoms with Crippen LogP contribution in [0.2, 0.25) is 0 Å². The lowest BCUT2D eigenvalue weighted by molar-refractivity contribution is -0.130. The van der Waals surface area contributed by atoms with Crippen molar-refractivity contribution in [3.05, 3.63) is 23.8 Å².